The van der Waals surface area contributed by atoms with Gasteiger partial charge in [-0.25, -0.2) is 9.79 Å². The smallest absolute Gasteiger partial charge is 0.363 e. The molecular weight excluding hydrogens is 374 g/mol. The highest BCUT2D eigenvalue weighted by molar-refractivity contribution is 6.12. The maximum absolute atomic E-state index is 12.3. The minimum Gasteiger partial charge on any atom is -0.494 e. The van der Waals surface area contributed by atoms with Gasteiger partial charge in [-0.3, -0.25) is 0 Å². The minimum atomic E-state index is -0.429. The normalized spacial score (nSPS) is 15.3. The third kappa shape index (κ3) is 5.82. The molecule has 0 saturated heterocycles. The molecule has 158 valence electrons. The first kappa shape index (κ1) is 21.8. The van der Waals surface area contributed by atoms with Crippen LogP contribution in [0, 0.1) is 0 Å². The second-order valence-electron chi connectivity index (χ2n) is 8.64. The number of carbonyl (C=O) groups is 1. The molecule has 1 aliphatic heterocycles. The van der Waals surface area contributed by atoms with E-state index < -0.39 is 5.97 Å². The van der Waals surface area contributed by atoms with Crippen molar-refractivity contribution in [3.63, 3.8) is 0 Å². The van der Waals surface area contributed by atoms with Gasteiger partial charge in [0.05, 0.1) is 6.61 Å². The van der Waals surface area contributed by atoms with E-state index in [4.69, 9.17) is 9.47 Å². The van der Waals surface area contributed by atoms with Crippen LogP contribution in [0.25, 0.3) is 6.08 Å². The number of ether oxygens (including phenoxy) is 2. The molecule has 0 aromatic heterocycles. The Morgan fingerprint density at radius 2 is 1.67 bits per heavy atom. The Bertz CT molecular complexity index is 916. The molecule has 0 amide bonds. The lowest BCUT2D eigenvalue weighted by Crippen LogP contribution is -2.11. The number of nitrogens with zero attached hydrogens (tertiary/aromatic N) is 1. The van der Waals surface area contributed by atoms with E-state index in [1.807, 2.05) is 48.5 Å². The zero-order chi connectivity index (χ0) is 21.6. The average Bonchev–Trinajstić information content (AvgIpc) is 3.09. The molecule has 1 heterocycles. The van der Waals surface area contributed by atoms with E-state index in [0.29, 0.717) is 11.6 Å². The first-order chi connectivity index (χ1) is 14.4. The third-order valence-electron chi connectivity index (χ3n) is 5.07. The molecule has 0 N–H and O–H groups in total. The third-order valence-corrected chi connectivity index (χ3v) is 5.07. The molecular formula is C26H31NO3. The zero-order valence-corrected chi connectivity index (χ0v) is 18.4. The highest BCUT2D eigenvalue weighted by atomic mass is 16.6. The van der Waals surface area contributed by atoms with Gasteiger partial charge in [-0.2, -0.15) is 0 Å². The highest BCUT2D eigenvalue weighted by Crippen LogP contribution is 2.25. The number of cyclic esters (lactones) is 1. The van der Waals surface area contributed by atoms with E-state index in [0.717, 1.165) is 29.9 Å². The van der Waals surface area contributed by atoms with Crippen LogP contribution < -0.4 is 4.74 Å². The van der Waals surface area contributed by atoms with Crippen molar-refractivity contribution in [2.75, 3.05) is 6.61 Å². The summed E-state index contributed by atoms with van der Waals surface area (Å²) in [6.45, 7) is 9.43. The topological polar surface area (TPSA) is 47.9 Å². The van der Waals surface area contributed by atoms with Crippen LogP contribution in [0.1, 0.15) is 70.1 Å². The predicted molar refractivity (Wildman–Crippen MR) is 122 cm³/mol. The molecule has 4 nitrogen and oxygen atoms in total. The largest absolute Gasteiger partial charge is 0.494 e. The van der Waals surface area contributed by atoms with E-state index in [1.54, 1.807) is 6.08 Å². The zero-order valence-electron chi connectivity index (χ0n) is 18.4. The van der Waals surface area contributed by atoms with Gasteiger partial charge in [0.15, 0.2) is 5.70 Å². The number of carbonyl (C=O) groups excluding carboxylic acids is 1. The number of rotatable bonds is 8. The van der Waals surface area contributed by atoms with Crippen LogP contribution in [-0.4, -0.2) is 18.5 Å². The van der Waals surface area contributed by atoms with Gasteiger partial charge in [-0.1, -0.05) is 71.2 Å². The summed E-state index contributed by atoms with van der Waals surface area (Å²) in [7, 11) is 0. The van der Waals surface area contributed by atoms with Gasteiger partial charge >= 0.3 is 5.97 Å². The van der Waals surface area contributed by atoms with E-state index in [9.17, 15) is 4.79 Å². The van der Waals surface area contributed by atoms with Crippen LogP contribution >= 0.6 is 0 Å². The molecule has 1 aliphatic rings. The fourth-order valence-electron chi connectivity index (χ4n) is 3.18. The van der Waals surface area contributed by atoms with E-state index >= 15 is 0 Å². The Morgan fingerprint density at radius 1 is 0.967 bits per heavy atom. The number of hydrogen-bond donors (Lipinski definition) is 0. The summed E-state index contributed by atoms with van der Waals surface area (Å²) in [5, 5.41) is 0. The molecule has 0 atom stereocenters. The van der Waals surface area contributed by atoms with Crippen LogP contribution in [0.5, 0.6) is 5.75 Å². The van der Waals surface area contributed by atoms with Gasteiger partial charge in [0.1, 0.15) is 5.75 Å². The van der Waals surface area contributed by atoms with Crippen molar-refractivity contribution < 1.29 is 14.3 Å². The van der Waals surface area contributed by atoms with Crippen LogP contribution in [0.4, 0.5) is 0 Å². The second kappa shape index (κ2) is 9.75. The molecule has 0 aliphatic carbocycles. The molecule has 0 bridgehead atoms. The molecule has 0 radical (unpaired) electrons. The standard InChI is InChI=1S/C26H31NO3/c1-5-6-7-8-17-29-22-15-9-19(10-16-22)18-23-25(28)30-24(27-23)20-11-13-21(14-12-20)26(2,3)4/h9-16,18H,5-8,17H2,1-4H3. The summed E-state index contributed by atoms with van der Waals surface area (Å²) in [4.78, 5) is 16.7. The van der Waals surface area contributed by atoms with Gasteiger partial charge in [0, 0.05) is 5.56 Å². The van der Waals surface area contributed by atoms with Gasteiger partial charge in [0.25, 0.3) is 0 Å². The second-order valence-corrected chi connectivity index (χ2v) is 8.64. The summed E-state index contributed by atoms with van der Waals surface area (Å²) < 4.78 is 11.2. The van der Waals surface area contributed by atoms with E-state index in [-0.39, 0.29) is 5.41 Å². The number of esters is 1. The van der Waals surface area contributed by atoms with Crippen molar-refractivity contribution in [1.29, 1.82) is 0 Å². The average molecular weight is 406 g/mol. The molecule has 0 spiro atoms. The Kier molecular flexibility index (Phi) is 7.09. The van der Waals surface area contributed by atoms with Crippen molar-refractivity contribution in [3.05, 3.63) is 70.9 Å². The van der Waals surface area contributed by atoms with Crippen LogP contribution in [0.15, 0.2) is 59.2 Å². The Balaban J connectivity index is 1.65. The fraction of sp³-hybridized carbons (Fsp3) is 0.385. The first-order valence-corrected chi connectivity index (χ1v) is 10.7. The Labute approximate surface area is 179 Å². The number of benzene rings is 2. The van der Waals surface area contributed by atoms with Gasteiger partial charge < -0.3 is 9.47 Å². The maximum atomic E-state index is 12.3. The van der Waals surface area contributed by atoms with Crippen LogP contribution in [-0.2, 0) is 14.9 Å². The lowest BCUT2D eigenvalue weighted by Gasteiger charge is -2.18. The molecule has 0 saturated carbocycles. The summed E-state index contributed by atoms with van der Waals surface area (Å²) in [5.74, 6) is 0.755. The lowest BCUT2D eigenvalue weighted by molar-refractivity contribution is -0.129. The van der Waals surface area contributed by atoms with E-state index in [2.05, 4.69) is 32.7 Å². The molecule has 4 heteroatoms. The summed E-state index contributed by atoms with van der Waals surface area (Å²) >= 11 is 0. The Morgan fingerprint density at radius 3 is 2.30 bits per heavy atom. The van der Waals surface area contributed by atoms with Gasteiger partial charge in [-0.05, 0) is 53.3 Å². The highest BCUT2D eigenvalue weighted by Gasteiger charge is 2.24. The van der Waals surface area contributed by atoms with E-state index in [1.165, 1.54) is 24.8 Å². The van der Waals surface area contributed by atoms with Crippen molar-refractivity contribution in [1.82, 2.24) is 0 Å². The molecule has 0 unspecified atom stereocenters. The van der Waals surface area contributed by atoms with Crippen molar-refractivity contribution >= 4 is 17.9 Å². The Hall–Kier alpha value is -2.88. The van der Waals surface area contributed by atoms with Gasteiger partial charge in [-0.15, -0.1) is 0 Å². The molecule has 30 heavy (non-hydrogen) atoms. The quantitative estimate of drug-likeness (QED) is 0.295. The summed E-state index contributed by atoms with van der Waals surface area (Å²) in [5.41, 5.74) is 3.28. The SMILES string of the molecule is CCCCCCOc1ccc(C=C2N=C(c3ccc(C(C)(C)C)cc3)OC2=O)cc1. The van der Waals surface area contributed by atoms with Crippen molar-refractivity contribution in [3.8, 4) is 5.75 Å². The van der Waals surface area contributed by atoms with Crippen molar-refractivity contribution in [2.45, 2.75) is 58.8 Å². The number of aliphatic imine (C=N–C) groups is 1. The minimum absolute atomic E-state index is 0.0726. The maximum Gasteiger partial charge on any atom is 0.363 e. The molecule has 3 rings (SSSR count). The summed E-state index contributed by atoms with van der Waals surface area (Å²) in [6, 6.07) is 15.7. The predicted octanol–water partition coefficient (Wildman–Crippen LogP) is 6.29. The number of unbranched alkanes of at least 4 members (excludes halogenated alkanes) is 3. The van der Waals surface area contributed by atoms with Crippen LogP contribution in [0.3, 0.4) is 0 Å². The first-order valence-electron chi connectivity index (χ1n) is 10.7. The molecule has 2 aromatic rings. The fourth-order valence-corrected chi connectivity index (χ4v) is 3.18. The van der Waals surface area contributed by atoms with Crippen LogP contribution in [0.2, 0.25) is 0 Å². The van der Waals surface area contributed by atoms with Crippen molar-refractivity contribution in [2.24, 2.45) is 4.99 Å². The molecule has 2 aromatic carbocycles. The van der Waals surface area contributed by atoms with Gasteiger partial charge in [0.2, 0.25) is 5.90 Å². The number of hydrogen-bond acceptors (Lipinski definition) is 4. The lowest BCUT2D eigenvalue weighted by atomic mass is 9.87. The summed E-state index contributed by atoms with van der Waals surface area (Å²) in [6.07, 6.45) is 6.47. The molecule has 0 fully saturated rings. The monoisotopic (exact) mass is 405 g/mol.